The van der Waals surface area contributed by atoms with E-state index >= 15 is 0 Å². The first-order valence-electron chi connectivity index (χ1n) is 9.49. The zero-order valence-electron chi connectivity index (χ0n) is 15.7. The fourth-order valence-electron chi connectivity index (χ4n) is 3.35. The summed E-state index contributed by atoms with van der Waals surface area (Å²) in [6.07, 6.45) is 5.23. The molecule has 1 aliphatic rings. The molecule has 6 heteroatoms. The SMILES string of the molecule is COc1ccc(-c2cn3ccc(NCCCN4CCOCC4)cc3n2)cc1. The maximum absolute atomic E-state index is 5.39. The molecule has 0 saturated carbocycles. The molecule has 1 aliphatic heterocycles. The Morgan fingerprint density at radius 1 is 1.15 bits per heavy atom. The normalized spacial score (nSPS) is 15.1. The maximum atomic E-state index is 5.39. The van der Waals surface area contributed by atoms with Gasteiger partial charge in [-0.25, -0.2) is 4.98 Å². The average Bonchev–Trinajstić information content (AvgIpc) is 3.15. The molecule has 27 heavy (non-hydrogen) atoms. The Hall–Kier alpha value is -2.57. The quantitative estimate of drug-likeness (QED) is 0.651. The molecule has 0 amide bonds. The van der Waals surface area contributed by atoms with E-state index in [2.05, 4.69) is 39.1 Å². The number of anilines is 1. The highest BCUT2D eigenvalue weighted by Crippen LogP contribution is 2.23. The van der Waals surface area contributed by atoms with Crippen molar-refractivity contribution in [2.75, 3.05) is 51.8 Å². The van der Waals surface area contributed by atoms with E-state index in [1.54, 1.807) is 7.11 Å². The number of ether oxygens (including phenoxy) is 2. The summed E-state index contributed by atoms with van der Waals surface area (Å²) in [5.74, 6) is 0.853. The van der Waals surface area contributed by atoms with E-state index in [1.807, 2.05) is 24.3 Å². The van der Waals surface area contributed by atoms with Gasteiger partial charge in [0.05, 0.1) is 26.0 Å². The van der Waals surface area contributed by atoms with Gasteiger partial charge in [0.2, 0.25) is 0 Å². The van der Waals surface area contributed by atoms with Crippen LogP contribution < -0.4 is 10.1 Å². The molecule has 3 aromatic rings. The first-order valence-corrected chi connectivity index (χ1v) is 9.49. The summed E-state index contributed by atoms with van der Waals surface area (Å²) in [5.41, 5.74) is 4.09. The van der Waals surface area contributed by atoms with E-state index in [4.69, 9.17) is 14.5 Å². The van der Waals surface area contributed by atoms with Gasteiger partial charge in [-0.1, -0.05) is 0 Å². The number of hydrogen-bond acceptors (Lipinski definition) is 5. The van der Waals surface area contributed by atoms with Crippen LogP contribution in [0.5, 0.6) is 5.75 Å². The molecule has 1 fully saturated rings. The van der Waals surface area contributed by atoms with Gasteiger partial charge in [-0.3, -0.25) is 4.90 Å². The fraction of sp³-hybridized carbons (Fsp3) is 0.381. The first-order chi connectivity index (χ1) is 13.3. The van der Waals surface area contributed by atoms with Gasteiger partial charge in [0, 0.05) is 49.3 Å². The molecule has 2 aromatic heterocycles. The molecule has 6 nitrogen and oxygen atoms in total. The van der Waals surface area contributed by atoms with Crippen molar-refractivity contribution in [2.24, 2.45) is 0 Å². The molecule has 0 atom stereocenters. The summed E-state index contributed by atoms with van der Waals surface area (Å²) in [5, 5.41) is 3.51. The van der Waals surface area contributed by atoms with Gasteiger partial charge in [0.1, 0.15) is 11.4 Å². The predicted molar refractivity (Wildman–Crippen MR) is 108 cm³/mol. The average molecular weight is 366 g/mol. The Morgan fingerprint density at radius 3 is 2.74 bits per heavy atom. The molecule has 0 radical (unpaired) electrons. The number of nitrogens with zero attached hydrogens (tertiary/aromatic N) is 3. The molecule has 0 unspecified atom stereocenters. The molecular formula is C21H26N4O2. The molecule has 0 aliphatic carbocycles. The molecule has 3 heterocycles. The minimum absolute atomic E-state index is 0.853. The molecule has 4 rings (SSSR count). The standard InChI is InChI=1S/C21H26N4O2/c1-26-19-5-3-17(4-6-19)20-16-25-10-7-18(15-21(25)23-20)22-8-2-9-24-11-13-27-14-12-24/h3-7,10,15-16,22H,2,8-9,11-14H2,1H3. The summed E-state index contributed by atoms with van der Waals surface area (Å²) < 4.78 is 12.7. The number of morpholine rings is 1. The zero-order valence-corrected chi connectivity index (χ0v) is 15.7. The number of pyridine rings is 1. The van der Waals surface area contributed by atoms with Crippen molar-refractivity contribution in [2.45, 2.75) is 6.42 Å². The van der Waals surface area contributed by atoms with Crippen LogP contribution in [0.1, 0.15) is 6.42 Å². The molecule has 1 N–H and O–H groups in total. The van der Waals surface area contributed by atoms with Crippen molar-refractivity contribution < 1.29 is 9.47 Å². The minimum Gasteiger partial charge on any atom is -0.497 e. The summed E-state index contributed by atoms with van der Waals surface area (Å²) in [6, 6.07) is 12.2. The fourth-order valence-corrected chi connectivity index (χ4v) is 3.35. The molecule has 142 valence electrons. The third-order valence-corrected chi connectivity index (χ3v) is 4.93. The number of fused-ring (bicyclic) bond motifs is 1. The van der Waals surface area contributed by atoms with Gasteiger partial charge in [-0.15, -0.1) is 0 Å². The highest BCUT2D eigenvalue weighted by Gasteiger charge is 2.09. The zero-order chi connectivity index (χ0) is 18.5. The Labute approximate surface area is 159 Å². The highest BCUT2D eigenvalue weighted by molar-refractivity contribution is 5.65. The number of nitrogens with one attached hydrogen (secondary N) is 1. The summed E-state index contributed by atoms with van der Waals surface area (Å²) >= 11 is 0. The second kappa shape index (κ2) is 8.41. The monoisotopic (exact) mass is 366 g/mol. The molecule has 1 aromatic carbocycles. The van der Waals surface area contributed by atoms with Crippen molar-refractivity contribution in [3.8, 4) is 17.0 Å². The Balaban J connectivity index is 1.36. The third kappa shape index (κ3) is 4.40. The third-order valence-electron chi connectivity index (χ3n) is 4.93. The van der Waals surface area contributed by atoms with Gasteiger partial charge in [-0.05, 0) is 43.3 Å². The van der Waals surface area contributed by atoms with E-state index < -0.39 is 0 Å². The summed E-state index contributed by atoms with van der Waals surface area (Å²) in [6.45, 7) is 5.90. The minimum atomic E-state index is 0.853. The van der Waals surface area contributed by atoms with Crippen LogP contribution in [0.2, 0.25) is 0 Å². The van der Waals surface area contributed by atoms with Crippen molar-refractivity contribution >= 4 is 11.3 Å². The summed E-state index contributed by atoms with van der Waals surface area (Å²) in [4.78, 5) is 7.22. The number of rotatable bonds is 7. The van der Waals surface area contributed by atoms with Crippen molar-refractivity contribution in [1.29, 1.82) is 0 Å². The summed E-state index contributed by atoms with van der Waals surface area (Å²) in [7, 11) is 1.68. The van der Waals surface area contributed by atoms with Crippen LogP contribution in [0.3, 0.4) is 0 Å². The van der Waals surface area contributed by atoms with E-state index in [1.165, 1.54) is 0 Å². The van der Waals surface area contributed by atoms with E-state index in [0.29, 0.717) is 0 Å². The molecule has 1 saturated heterocycles. The van der Waals surface area contributed by atoms with Crippen LogP contribution >= 0.6 is 0 Å². The lowest BCUT2D eigenvalue weighted by molar-refractivity contribution is 0.0378. The topological polar surface area (TPSA) is 51.0 Å². The number of benzene rings is 1. The van der Waals surface area contributed by atoms with Gasteiger partial charge in [-0.2, -0.15) is 0 Å². The first kappa shape index (κ1) is 17.8. The lowest BCUT2D eigenvalue weighted by Gasteiger charge is -2.26. The molecule has 0 bridgehead atoms. The number of imidazole rings is 1. The van der Waals surface area contributed by atoms with Crippen LogP contribution in [-0.4, -0.2) is 60.8 Å². The Kier molecular flexibility index (Phi) is 5.55. The van der Waals surface area contributed by atoms with Crippen LogP contribution in [0, 0.1) is 0 Å². The predicted octanol–water partition coefficient (Wildman–Crippen LogP) is 3.14. The van der Waals surface area contributed by atoms with E-state index in [-0.39, 0.29) is 0 Å². The van der Waals surface area contributed by atoms with Crippen LogP contribution in [-0.2, 0) is 4.74 Å². The highest BCUT2D eigenvalue weighted by atomic mass is 16.5. The van der Waals surface area contributed by atoms with Crippen LogP contribution in [0.25, 0.3) is 16.9 Å². The molecular weight excluding hydrogens is 340 g/mol. The maximum Gasteiger partial charge on any atom is 0.139 e. The lowest BCUT2D eigenvalue weighted by atomic mass is 10.2. The van der Waals surface area contributed by atoms with Gasteiger partial charge >= 0.3 is 0 Å². The second-order valence-corrected chi connectivity index (χ2v) is 6.77. The van der Waals surface area contributed by atoms with Crippen LogP contribution in [0.15, 0.2) is 48.8 Å². The number of methoxy groups -OCH3 is 1. The van der Waals surface area contributed by atoms with Gasteiger partial charge in [0.25, 0.3) is 0 Å². The largest absolute Gasteiger partial charge is 0.497 e. The van der Waals surface area contributed by atoms with Gasteiger partial charge < -0.3 is 19.2 Å². The smallest absolute Gasteiger partial charge is 0.139 e. The van der Waals surface area contributed by atoms with E-state index in [9.17, 15) is 0 Å². The second-order valence-electron chi connectivity index (χ2n) is 6.77. The Morgan fingerprint density at radius 2 is 1.96 bits per heavy atom. The Bertz CT molecular complexity index is 870. The number of aromatic nitrogens is 2. The van der Waals surface area contributed by atoms with Crippen LogP contribution in [0.4, 0.5) is 5.69 Å². The van der Waals surface area contributed by atoms with Crippen molar-refractivity contribution in [1.82, 2.24) is 14.3 Å². The lowest BCUT2D eigenvalue weighted by Crippen LogP contribution is -2.37. The van der Waals surface area contributed by atoms with Crippen molar-refractivity contribution in [3.05, 3.63) is 48.8 Å². The molecule has 0 spiro atoms. The number of hydrogen-bond donors (Lipinski definition) is 1. The van der Waals surface area contributed by atoms with Gasteiger partial charge in [0.15, 0.2) is 0 Å². The van der Waals surface area contributed by atoms with E-state index in [0.717, 1.165) is 74.2 Å². The van der Waals surface area contributed by atoms with Crippen molar-refractivity contribution in [3.63, 3.8) is 0 Å².